The number of nitrogens with one attached hydrogen (secondary N) is 1. The molecule has 0 aliphatic heterocycles. The third-order valence-electron chi connectivity index (χ3n) is 3.00. The lowest BCUT2D eigenvalue weighted by Gasteiger charge is -2.19. The van der Waals surface area contributed by atoms with Crippen LogP contribution in [0.25, 0.3) is 0 Å². The minimum atomic E-state index is -0.392. The molecule has 2 rings (SSSR count). The van der Waals surface area contributed by atoms with E-state index in [0.717, 1.165) is 11.4 Å². The molecule has 0 amide bonds. The Morgan fingerprint density at radius 3 is 2.68 bits per heavy atom. The maximum atomic E-state index is 13.5. The highest BCUT2D eigenvalue weighted by Crippen LogP contribution is 2.30. The van der Waals surface area contributed by atoms with Crippen LogP contribution >= 0.6 is 0 Å². The summed E-state index contributed by atoms with van der Waals surface area (Å²) in [7, 11) is 3.36. The summed E-state index contributed by atoms with van der Waals surface area (Å²) in [4.78, 5) is 0. The Bertz CT molecular complexity index is 582. The van der Waals surface area contributed by atoms with Crippen LogP contribution in [-0.2, 0) is 7.05 Å². The molecule has 1 unspecified atom stereocenters. The van der Waals surface area contributed by atoms with E-state index >= 15 is 0 Å². The van der Waals surface area contributed by atoms with Gasteiger partial charge in [-0.05, 0) is 31.2 Å². The number of hydrogen-bond donors (Lipinski definition) is 2. The number of hydrogen-bond acceptors (Lipinski definition) is 4. The molecule has 2 aromatic rings. The van der Waals surface area contributed by atoms with E-state index in [2.05, 4.69) is 10.5 Å². The van der Waals surface area contributed by atoms with Crippen molar-refractivity contribution in [1.29, 1.82) is 0 Å². The van der Waals surface area contributed by atoms with Gasteiger partial charge in [0, 0.05) is 12.6 Å². The highest BCUT2D eigenvalue weighted by atomic mass is 19.1. The monoisotopic (exact) mass is 264 g/mol. The molecule has 0 spiro atoms. The van der Waals surface area contributed by atoms with Gasteiger partial charge < -0.3 is 4.74 Å². The van der Waals surface area contributed by atoms with Crippen LogP contribution in [0.4, 0.5) is 4.39 Å². The van der Waals surface area contributed by atoms with E-state index in [1.165, 1.54) is 12.1 Å². The normalized spacial score (nSPS) is 12.5. The van der Waals surface area contributed by atoms with Gasteiger partial charge >= 0.3 is 0 Å². The first-order valence-electron chi connectivity index (χ1n) is 5.87. The molecule has 102 valence electrons. The van der Waals surface area contributed by atoms with Crippen molar-refractivity contribution in [1.82, 2.24) is 15.2 Å². The number of methoxy groups -OCH3 is 1. The van der Waals surface area contributed by atoms with Crippen molar-refractivity contribution in [2.45, 2.75) is 13.0 Å². The van der Waals surface area contributed by atoms with Crippen LogP contribution in [0, 0.1) is 12.7 Å². The minimum Gasteiger partial charge on any atom is -0.496 e. The average molecular weight is 264 g/mol. The zero-order valence-electron chi connectivity index (χ0n) is 11.1. The number of nitrogens with zero attached hydrogens (tertiary/aromatic N) is 2. The van der Waals surface area contributed by atoms with E-state index in [1.54, 1.807) is 17.9 Å². The molecule has 5 nitrogen and oxygen atoms in total. The number of nitrogens with two attached hydrogens (primary N) is 1. The summed E-state index contributed by atoms with van der Waals surface area (Å²) < 4.78 is 20.4. The van der Waals surface area contributed by atoms with Gasteiger partial charge in [0.2, 0.25) is 0 Å². The molecule has 0 radical (unpaired) electrons. The van der Waals surface area contributed by atoms with Crippen molar-refractivity contribution in [2.24, 2.45) is 12.9 Å². The molecular weight excluding hydrogens is 247 g/mol. The average Bonchev–Trinajstić information content (AvgIpc) is 2.70. The predicted octanol–water partition coefficient (Wildman–Crippen LogP) is 1.43. The van der Waals surface area contributed by atoms with Gasteiger partial charge in [-0.1, -0.05) is 0 Å². The first kappa shape index (κ1) is 13.5. The molecule has 1 atom stereocenters. The van der Waals surface area contributed by atoms with E-state index in [0.29, 0.717) is 11.3 Å². The summed E-state index contributed by atoms with van der Waals surface area (Å²) in [6.07, 6.45) is 0. The third kappa shape index (κ3) is 2.59. The molecule has 1 aromatic heterocycles. The number of ether oxygens (including phenoxy) is 1. The third-order valence-corrected chi connectivity index (χ3v) is 3.00. The standard InChI is InChI=1S/C13H17FN4O/c1-8-6-11(18(2)17-8)13(16-15)10-7-9(14)4-5-12(10)19-3/h4-7,13,16H,15H2,1-3H3. The highest BCUT2D eigenvalue weighted by Gasteiger charge is 2.21. The SMILES string of the molecule is COc1ccc(F)cc1C(NN)c1cc(C)nn1C. The molecule has 3 N–H and O–H groups in total. The maximum absolute atomic E-state index is 13.5. The van der Waals surface area contributed by atoms with Gasteiger partial charge in [0.05, 0.1) is 24.5 Å². The van der Waals surface area contributed by atoms with E-state index < -0.39 is 6.04 Å². The fourth-order valence-electron chi connectivity index (χ4n) is 2.17. The summed E-state index contributed by atoms with van der Waals surface area (Å²) in [5, 5.41) is 4.27. The number of rotatable bonds is 4. The van der Waals surface area contributed by atoms with Crippen molar-refractivity contribution in [2.75, 3.05) is 7.11 Å². The van der Waals surface area contributed by atoms with Gasteiger partial charge in [-0.3, -0.25) is 10.5 Å². The largest absolute Gasteiger partial charge is 0.496 e. The first-order valence-corrected chi connectivity index (χ1v) is 5.87. The minimum absolute atomic E-state index is 0.338. The number of hydrazine groups is 1. The van der Waals surface area contributed by atoms with Crippen LogP contribution in [0.15, 0.2) is 24.3 Å². The Labute approximate surface area is 111 Å². The second kappa shape index (κ2) is 5.38. The first-order chi connectivity index (χ1) is 9.06. The molecule has 0 saturated carbocycles. The molecule has 1 aromatic carbocycles. The van der Waals surface area contributed by atoms with Gasteiger partial charge in [-0.25, -0.2) is 9.82 Å². The predicted molar refractivity (Wildman–Crippen MR) is 70.1 cm³/mol. The van der Waals surface area contributed by atoms with Crippen LogP contribution in [0.1, 0.15) is 23.0 Å². The molecule has 0 aliphatic carbocycles. The lowest BCUT2D eigenvalue weighted by Crippen LogP contribution is -2.30. The lowest BCUT2D eigenvalue weighted by atomic mass is 10.0. The van der Waals surface area contributed by atoms with Crippen LogP contribution in [-0.4, -0.2) is 16.9 Å². The second-order valence-corrected chi connectivity index (χ2v) is 4.32. The molecule has 0 saturated heterocycles. The van der Waals surface area contributed by atoms with Gasteiger partial charge in [-0.15, -0.1) is 0 Å². The molecule has 6 heteroatoms. The van der Waals surface area contributed by atoms with Crippen LogP contribution in [0.2, 0.25) is 0 Å². The Kier molecular flexibility index (Phi) is 3.82. The summed E-state index contributed by atoms with van der Waals surface area (Å²) in [5.74, 6) is 5.85. The fraction of sp³-hybridized carbons (Fsp3) is 0.308. The molecule has 1 heterocycles. The van der Waals surface area contributed by atoms with E-state index in [4.69, 9.17) is 10.6 Å². The van der Waals surface area contributed by atoms with Gasteiger partial charge in [0.1, 0.15) is 11.6 Å². The van der Waals surface area contributed by atoms with E-state index in [1.807, 2.05) is 20.0 Å². The molecular formula is C13H17FN4O. The maximum Gasteiger partial charge on any atom is 0.124 e. The molecule has 0 fully saturated rings. The second-order valence-electron chi connectivity index (χ2n) is 4.32. The van der Waals surface area contributed by atoms with Crippen LogP contribution in [0.3, 0.4) is 0 Å². The zero-order valence-corrected chi connectivity index (χ0v) is 11.1. The Morgan fingerprint density at radius 2 is 2.16 bits per heavy atom. The summed E-state index contributed by atoms with van der Waals surface area (Å²) >= 11 is 0. The van der Waals surface area contributed by atoms with Gasteiger partial charge in [0.15, 0.2) is 0 Å². The van der Waals surface area contributed by atoms with Crippen LogP contribution in [0.5, 0.6) is 5.75 Å². The fourth-order valence-corrected chi connectivity index (χ4v) is 2.17. The highest BCUT2D eigenvalue weighted by molar-refractivity contribution is 5.40. The quantitative estimate of drug-likeness (QED) is 0.647. The summed E-state index contributed by atoms with van der Waals surface area (Å²) in [5.41, 5.74) is 5.02. The Morgan fingerprint density at radius 1 is 1.42 bits per heavy atom. The molecule has 19 heavy (non-hydrogen) atoms. The van der Waals surface area contributed by atoms with Gasteiger partial charge in [-0.2, -0.15) is 5.10 Å². The molecule has 0 bridgehead atoms. The van der Waals surface area contributed by atoms with Crippen molar-refractivity contribution in [3.05, 3.63) is 47.0 Å². The van der Waals surface area contributed by atoms with Crippen LogP contribution < -0.4 is 16.0 Å². The van der Waals surface area contributed by atoms with Gasteiger partial charge in [0.25, 0.3) is 0 Å². The lowest BCUT2D eigenvalue weighted by molar-refractivity contribution is 0.401. The number of aromatic nitrogens is 2. The smallest absolute Gasteiger partial charge is 0.124 e. The van der Waals surface area contributed by atoms with Crippen molar-refractivity contribution >= 4 is 0 Å². The van der Waals surface area contributed by atoms with E-state index in [-0.39, 0.29) is 5.82 Å². The Hall–Kier alpha value is -1.92. The number of aryl methyl sites for hydroxylation is 2. The Balaban J connectivity index is 2.53. The summed E-state index contributed by atoms with van der Waals surface area (Å²) in [6.45, 7) is 1.89. The number of halogens is 1. The summed E-state index contributed by atoms with van der Waals surface area (Å²) in [6, 6.07) is 5.85. The van der Waals surface area contributed by atoms with Crippen molar-refractivity contribution in [3.63, 3.8) is 0 Å². The van der Waals surface area contributed by atoms with Crippen molar-refractivity contribution < 1.29 is 9.13 Å². The van der Waals surface area contributed by atoms with E-state index in [9.17, 15) is 4.39 Å². The van der Waals surface area contributed by atoms with Crippen molar-refractivity contribution in [3.8, 4) is 5.75 Å². The molecule has 0 aliphatic rings. The topological polar surface area (TPSA) is 65.1 Å². The number of benzene rings is 1. The zero-order chi connectivity index (χ0) is 14.0.